The maximum absolute atomic E-state index is 11.5. The number of aromatic nitrogens is 1. The highest BCUT2D eigenvalue weighted by Crippen LogP contribution is 2.16. The Morgan fingerprint density at radius 1 is 1.55 bits per heavy atom. The van der Waals surface area contributed by atoms with E-state index in [4.69, 9.17) is 5.26 Å². The number of rotatable bonds is 4. The molecular formula is C14H19N5O. The van der Waals surface area contributed by atoms with Gasteiger partial charge in [-0.25, -0.2) is 0 Å². The molecular weight excluding hydrogens is 254 g/mol. The highest BCUT2D eigenvalue weighted by molar-refractivity contribution is 5.92. The quantitative estimate of drug-likeness (QED) is 0.795. The number of hydrogen-bond acceptors (Lipinski definition) is 5. The molecule has 2 heterocycles. The van der Waals surface area contributed by atoms with Crippen LogP contribution in [0.1, 0.15) is 23.3 Å². The predicted molar refractivity (Wildman–Crippen MR) is 76.3 cm³/mol. The molecule has 0 unspecified atom stereocenters. The van der Waals surface area contributed by atoms with Crippen LogP contribution in [0.15, 0.2) is 18.3 Å². The highest BCUT2D eigenvalue weighted by atomic mass is 16.1. The summed E-state index contributed by atoms with van der Waals surface area (Å²) in [4.78, 5) is 17.7. The van der Waals surface area contributed by atoms with Gasteiger partial charge in [0.05, 0.1) is 12.6 Å². The van der Waals surface area contributed by atoms with Gasteiger partial charge in [0, 0.05) is 38.1 Å². The van der Waals surface area contributed by atoms with Crippen LogP contribution in [0.2, 0.25) is 0 Å². The van der Waals surface area contributed by atoms with E-state index in [2.05, 4.69) is 26.6 Å². The SMILES string of the molecule is CNC(=O)c1cc(NC2CCN(CC#N)CC2)ccn1. The molecule has 1 fully saturated rings. The summed E-state index contributed by atoms with van der Waals surface area (Å²) in [6, 6.07) is 6.19. The van der Waals surface area contributed by atoms with E-state index in [1.807, 2.05) is 6.07 Å². The van der Waals surface area contributed by atoms with Crippen LogP contribution in [0.5, 0.6) is 0 Å². The molecule has 1 aromatic heterocycles. The lowest BCUT2D eigenvalue weighted by Crippen LogP contribution is -2.39. The first-order valence-electron chi connectivity index (χ1n) is 6.77. The molecule has 1 aliphatic heterocycles. The molecule has 1 aromatic rings. The average molecular weight is 273 g/mol. The molecule has 6 nitrogen and oxygen atoms in total. The van der Waals surface area contributed by atoms with Gasteiger partial charge in [0.1, 0.15) is 5.69 Å². The molecule has 1 saturated heterocycles. The highest BCUT2D eigenvalue weighted by Gasteiger charge is 2.18. The van der Waals surface area contributed by atoms with Crippen molar-refractivity contribution in [3.8, 4) is 6.07 Å². The molecule has 0 aliphatic carbocycles. The van der Waals surface area contributed by atoms with Crippen LogP contribution in [-0.2, 0) is 0 Å². The molecule has 20 heavy (non-hydrogen) atoms. The van der Waals surface area contributed by atoms with Crippen molar-refractivity contribution >= 4 is 11.6 Å². The Bertz CT molecular complexity index is 503. The maximum atomic E-state index is 11.5. The normalized spacial score (nSPS) is 16.4. The topological polar surface area (TPSA) is 81.0 Å². The number of amides is 1. The lowest BCUT2D eigenvalue weighted by molar-refractivity contribution is 0.0958. The molecule has 0 bridgehead atoms. The number of nitrogens with one attached hydrogen (secondary N) is 2. The molecule has 2 rings (SSSR count). The van der Waals surface area contributed by atoms with Crippen molar-refractivity contribution in [1.29, 1.82) is 5.26 Å². The van der Waals surface area contributed by atoms with E-state index in [-0.39, 0.29) is 5.91 Å². The predicted octanol–water partition coefficient (Wildman–Crippen LogP) is 0.841. The van der Waals surface area contributed by atoms with Gasteiger partial charge >= 0.3 is 0 Å². The van der Waals surface area contributed by atoms with E-state index >= 15 is 0 Å². The van der Waals surface area contributed by atoms with Crippen molar-refractivity contribution in [2.75, 3.05) is 32.0 Å². The number of carbonyl (C=O) groups excluding carboxylic acids is 1. The Kier molecular flexibility index (Phi) is 4.91. The van der Waals surface area contributed by atoms with Gasteiger partial charge < -0.3 is 10.6 Å². The van der Waals surface area contributed by atoms with Crippen LogP contribution in [0.3, 0.4) is 0 Å². The van der Waals surface area contributed by atoms with Crippen molar-refractivity contribution in [2.24, 2.45) is 0 Å². The summed E-state index contributed by atoms with van der Waals surface area (Å²) in [5.74, 6) is -0.183. The van der Waals surface area contributed by atoms with Crippen LogP contribution in [0.25, 0.3) is 0 Å². The van der Waals surface area contributed by atoms with E-state index in [1.54, 1.807) is 19.3 Å². The Morgan fingerprint density at radius 3 is 2.95 bits per heavy atom. The smallest absolute Gasteiger partial charge is 0.269 e. The van der Waals surface area contributed by atoms with Gasteiger partial charge in [-0.2, -0.15) is 5.26 Å². The van der Waals surface area contributed by atoms with Gasteiger partial charge in [0.25, 0.3) is 5.91 Å². The van der Waals surface area contributed by atoms with Gasteiger partial charge in [-0.3, -0.25) is 14.7 Å². The average Bonchev–Trinajstić information content (AvgIpc) is 2.49. The van der Waals surface area contributed by atoms with E-state index in [9.17, 15) is 4.79 Å². The third-order valence-corrected chi connectivity index (χ3v) is 3.47. The first-order chi connectivity index (χ1) is 9.72. The fourth-order valence-electron chi connectivity index (χ4n) is 2.34. The van der Waals surface area contributed by atoms with E-state index < -0.39 is 0 Å². The summed E-state index contributed by atoms with van der Waals surface area (Å²) in [5, 5.41) is 14.7. The van der Waals surface area contributed by atoms with Crippen LogP contribution < -0.4 is 10.6 Å². The molecule has 6 heteroatoms. The molecule has 0 spiro atoms. The monoisotopic (exact) mass is 273 g/mol. The van der Waals surface area contributed by atoms with Crippen LogP contribution in [0, 0.1) is 11.3 Å². The molecule has 0 radical (unpaired) electrons. The van der Waals surface area contributed by atoms with Crippen LogP contribution in [0.4, 0.5) is 5.69 Å². The standard InChI is InChI=1S/C14H19N5O/c1-16-14(20)13-10-12(2-6-17-13)18-11-3-7-19(8-4-11)9-5-15/h2,6,10-11H,3-4,7-9H2,1H3,(H,16,20)(H,17,18). The summed E-state index contributed by atoms with van der Waals surface area (Å²) in [6.45, 7) is 2.36. The number of hydrogen-bond donors (Lipinski definition) is 2. The van der Waals surface area contributed by atoms with E-state index in [1.165, 1.54) is 0 Å². The lowest BCUT2D eigenvalue weighted by atomic mass is 10.0. The number of carbonyl (C=O) groups is 1. The summed E-state index contributed by atoms with van der Waals surface area (Å²) in [6.07, 6.45) is 3.64. The van der Waals surface area contributed by atoms with Crippen molar-refractivity contribution in [3.05, 3.63) is 24.0 Å². The summed E-state index contributed by atoms with van der Waals surface area (Å²) in [7, 11) is 1.59. The number of nitrogens with zero attached hydrogens (tertiary/aromatic N) is 3. The second-order valence-electron chi connectivity index (χ2n) is 4.86. The number of nitriles is 1. The summed E-state index contributed by atoms with van der Waals surface area (Å²) < 4.78 is 0. The molecule has 0 saturated carbocycles. The zero-order valence-electron chi connectivity index (χ0n) is 11.6. The number of piperidine rings is 1. The second-order valence-corrected chi connectivity index (χ2v) is 4.86. The summed E-state index contributed by atoms with van der Waals surface area (Å²) in [5.41, 5.74) is 1.33. The third-order valence-electron chi connectivity index (χ3n) is 3.47. The zero-order valence-corrected chi connectivity index (χ0v) is 11.6. The number of anilines is 1. The minimum absolute atomic E-state index is 0.183. The van der Waals surface area contributed by atoms with Crippen molar-refractivity contribution < 1.29 is 4.79 Å². The van der Waals surface area contributed by atoms with Crippen LogP contribution >= 0.6 is 0 Å². The Hall–Kier alpha value is -2.13. The van der Waals surface area contributed by atoms with Gasteiger partial charge in [-0.15, -0.1) is 0 Å². The fraction of sp³-hybridized carbons (Fsp3) is 0.500. The molecule has 1 aliphatic rings. The first kappa shape index (κ1) is 14.3. The van der Waals surface area contributed by atoms with Crippen LogP contribution in [-0.4, -0.2) is 48.5 Å². The largest absolute Gasteiger partial charge is 0.382 e. The van der Waals surface area contributed by atoms with Crippen molar-refractivity contribution in [1.82, 2.24) is 15.2 Å². The fourth-order valence-corrected chi connectivity index (χ4v) is 2.34. The Labute approximate surface area is 118 Å². The number of pyridine rings is 1. The first-order valence-corrected chi connectivity index (χ1v) is 6.77. The van der Waals surface area contributed by atoms with Crippen molar-refractivity contribution in [3.63, 3.8) is 0 Å². The van der Waals surface area contributed by atoms with E-state index in [0.717, 1.165) is 31.6 Å². The molecule has 106 valence electrons. The lowest BCUT2D eigenvalue weighted by Gasteiger charge is -2.31. The van der Waals surface area contributed by atoms with Gasteiger partial charge in [-0.05, 0) is 25.0 Å². The second kappa shape index (κ2) is 6.87. The van der Waals surface area contributed by atoms with E-state index in [0.29, 0.717) is 18.3 Å². The Balaban J connectivity index is 1.91. The molecule has 2 N–H and O–H groups in total. The minimum atomic E-state index is -0.183. The zero-order chi connectivity index (χ0) is 14.4. The van der Waals surface area contributed by atoms with Crippen molar-refractivity contribution in [2.45, 2.75) is 18.9 Å². The molecule has 1 amide bonds. The summed E-state index contributed by atoms with van der Waals surface area (Å²) >= 11 is 0. The van der Waals surface area contributed by atoms with Gasteiger partial charge in [0.15, 0.2) is 0 Å². The molecule has 0 atom stereocenters. The minimum Gasteiger partial charge on any atom is -0.382 e. The number of likely N-dealkylation sites (tertiary alicyclic amines) is 1. The molecule has 0 aromatic carbocycles. The Morgan fingerprint density at radius 2 is 2.30 bits per heavy atom. The maximum Gasteiger partial charge on any atom is 0.269 e. The third kappa shape index (κ3) is 3.68. The van der Waals surface area contributed by atoms with Gasteiger partial charge in [-0.1, -0.05) is 0 Å². The van der Waals surface area contributed by atoms with Gasteiger partial charge in [0.2, 0.25) is 0 Å².